The van der Waals surface area contributed by atoms with Crippen LogP contribution in [0.5, 0.6) is 0 Å². The molecule has 1 aliphatic carbocycles. The van der Waals surface area contributed by atoms with Crippen molar-refractivity contribution in [2.24, 2.45) is 11.8 Å². The molecule has 0 aromatic rings. The molecule has 4 nitrogen and oxygen atoms in total. The third-order valence-corrected chi connectivity index (χ3v) is 3.80. The maximum Gasteiger partial charge on any atom is -0.00173 e. The van der Waals surface area contributed by atoms with Crippen LogP contribution in [0.3, 0.4) is 0 Å². The molecule has 114 valence electrons. The van der Waals surface area contributed by atoms with Gasteiger partial charge in [-0.2, -0.15) is 0 Å². The van der Waals surface area contributed by atoms with Gasteiger partial charge in [-0.1, -0.05) is 13.8 Å². The minimum Gasteiger partial charge on any atom is -0.317 e. The summed E-state index contributed by atoms with van der Waals surface area (Å²) in [5, 5.41) is 13.9. The minimum atomic E-state index is 0.931. The van der Waals surface area contributed by atoms with Gasteiger partial charge in [-0.25, -0.2) is 0 Å². The highest BCUT2D eigenvalue weighted by Crippen LogP contribution is 2.36. The monoisotopic (exact) mass is 270 g/mol. The van der Waals surface area contributed by atoms with Crippen LogP contribution < -0.4 is 21.3 Å². The van der Waals surface area contributed by atoms with E-state index in [1.54, 1.807) is 0 Å². The predicted octanol–water partition coefficient (Wildman–Crippen LogP) is 0.801. The molecule has 0 radical (unpaired) electrons. The molecule has 1 saturated carbocycles. The van der Waals surface area contributed by atoms with E-state index in [0.717, 1.165) is 51.1 Å². The normalized spacial score (nSPS) is 21.8. The van der Waals surface area contributed by atoms with Crippen LogP contribution in [0.25, 0.3) is 0 Å². The van der Waals surface area contributed by atoms with Crippen LogP contribution in [0, 0.1) is 11.8 Å². The van der Waals surface area contributed by atoms with Crippen molar-refractivity contribution in [3.05, 3.63) is 0 Å². The SMILES string of the molecule is CCNCCCNCC1C[C@@H]1CNCCCNCC. The van der Waals surface area contributed by atoms with E-state index < -0.39 is 0 Å². The van der Waals surface area contributed by atoms with E-state index >= 15 is 0 Å². The summed E-state index contributed by atoms with van der Waals surface area (Å²) in [6.45, 7) is 13.5. The molecule has 2 atom stereocenters. The molecule has 0 heterocycles. The topological polar surface area (TPSA) is 48.1 Å². The van der Waals surface area contributed by atoms with Crippen molar-refractivity contribution >= 4 is 0 Å². The van der Waals surface area contributed by atoms with Gasteiger partial charge in [0, 0.05) is 0 Å². The van der Waals surface area contributed by atoms with Gasteiger partial charge in [-0.05, 0) is 83.5 Å². The van der Waals surface area contributed by atoms with Gasteiger partial charge in [-0.3, -0.25) is 0 Å². The van der Waals surface area contributed by atoms with Crippen LogP contribution in [0.1, 0.15) is 33.1 Å². The van der Waals surface area contributed by atoms with Crippen LogP contribution in [0.4, 0.5) is 0 Å². The van der Waals surface area contributed by atoms with Crippen molar-refractivity contribution in [2.75, 3.05) is 52.4 Å². The van der Waals surface area contributed by atoms with E-state index in [2.05, 4.69) is 35.1 Å². The van der Waals surface area contributed by atoms with Crippen molar-refractivity contribution in [3.63, 3.8) is 0 Å². The lowest BCUT2D eigenvalue weighted by atomic mass is 10.3. The molecule has 0 bridgehead atoms. The van der Waals surface area contributed by atoms with Gasteiger partial charge >= 0.3 is 0 Å². The predicted molar refractivity (Wildman–Crippen MR) is 83.7 cm³/mol. The first-order valence-electron chi connectivity index (χ1n) is 8.21. The zero-order valence-corrected chi connectivity index (χ0v) is 12.9. The Labute approximate surface area is 119 Å². The van der Waals surface area contributed by atoms with Gasteiger partial charge < -0.3 is 21.3 Å². The summed E-state index contributed by atoms with van der Waals surface area (Å²) in [7, 11) is 0. The fourth-order valence-corrected chi connectivity index (χ4v) is 2.42. The van der Waals surface area contributed by atoms with Crippen LogP contribution >= 0.6 is 0 Å². The molecular formula is C15H34N4. The molecule has 1 unspecified atom stereocenters. The average molecular weight is 270 g/mol. The zero-order chi connectivity index (χ0) is 13.8. The van der Waals surface area contributed by atoms with Gasteiger partial charge in [0.15, 0.2) is 0 Å². The quantitative estimate of drug-likeness (QED) is 0.353. The summed E-state index contributed by atoms with van der Waals surface area (Å²) < 4.78 is 0. The molecule has 0 aromatic heterocycles. The van der Waals surface area contributed by atoms with Crippen LogP contribution in [-0.2, 0) is 0 Å². The Morgan fingerprint density at radius 1 is 0.684 bits per heavy atom. The third-order valence-electron chi connectivity index (χ3n) is 3.80. The van der Waals surface area contributed by atoms with Crippen molar-refractivity contribution in [2.45, 2.75) is 33.1 Å². The molecule has 19 heavy (non-hydrogen) atoms. The fraction of sp³-hybridized carbons (Fsp3) is 1.00. The Hall–Kier alpha value is -0.160. The van der Waals surface area contributed by atoms with Crippen molar-refractivity contribution in [3.8, 4) is 0 Å². The second-order valence-electron chi connectivity index (χ2n) is 5.58. The van der Waals surface area contributed by atoms with E-state index in [-0.39, 0.29) is 0 Å². The maximum atomic E-state index is 3.58. The minimum absolute atomic E-state index is 0.931. The Kier molecular flexibility index (Phi) is 10.4. The van der Waals surface area contributed by atoms with Gasteiger partial charge in [0.25, 0.3) is 0 Å². The first-order chi connectivity index (χ1) is 9.38. The lowest BCUT2D eigenvalue weighted by Gasteiger charge is -2.06. The summed E-state index contributed by atoms with van der Waals surface area (Å²) in [5.74, 6) is 1.86. The van der Waals surface area contributed by atoms with Gasteiger partial charge in [0.05, 0.1) is 0 Å². The van der Waals surface area contributed by atoms with Crippen molar-refractivity contribution < 1.29 is 0 Å². The van der Waals surface area contributed by atoms with Gasteiger partial charge in [-0.15, -0.1) is 0 Å². The smallest absolute Gasteiger partial charge is 0.00173 e. The van der Waals surface area contributed by atoms with Crippen LogP contribution in [0.2, 0.25) is 0 Å². The largest absolute Gasteiger partial charge is 0.317 e. The second kappa shape index (κ2) is 11.6. The highest BCUT2D eigenvalue weighted by Gasteiger charge is 2.35. The van der Waals surface area contributed by atoms with E-state index in [1.165, 1.54) is 32.4 Å². The molecule has 0 aromatic carbocycles. The first-order valence-corrected chi connectivity index (χ1v) is 8.21. The highest BCUT2D eigenvalue weighted by molar-refractivity contribution is 4.89. The van der Waals surface area contributed by atoms with Crippen molar-refractivity contribution in [1.29, 1.82) is 0 Å². The standard InChI is InChI=1S/C15H34N4/c1-3-16-7-5-9-18-12-14-11-15(14)13-19-10-6-8-17-4-2/h14-19H,3-13H2,1-2H3/t14-,15?/m1/s1. The molecule has 0 amide bonds. The average Bonchev–Trinajstić information content (AvgIpc) is 3.16. The molecule has 1 aliphatic rings. The van der Waals surface area contributed by atoms with Crippen molar-refractivity contribution in [1.82, 2.24) is 21.3 Å². The Bertz CT molecular complexity index is 179. The van der Waals surface area contributed by atoms with Gasteiger partial charge in [0.1, 0.15) is 0 Å². The zero-order valence-electron chi connectivity index (χ0n) is 12.9. The molecule has 1 fully saturated rings. The summed E-state index contributed by atoms with van der Waals surface area (Å²) >= 11 is 0. The van der Waals surface area contributed by atoms with E-state index in [9.17, 15) is 0 Å². The molecule has 0 aliphatic heterocycles. The van der Waals surface area contributed by atoms with E-state index in [1.807, 2.05) is 0 Å². The number of hydrogen-bond donors (Lipinski definition) is 4. The Morgan fingerprint density at radius 2 is 1.11 bits per heavy atom. The van der Waals surface area contributed by atoms with Gasteiger partial charge in [0.2, 0.25) is 0 Å². The van der Waals surface area contributed by atoms with Crippen LogP contribution in [0.15, 0.2) is 0 Å². The lowest BCUT2D eigenvalue weighted by molar-refractivity contribution is 0.537. The molecule has 4 N–H and O–H groups in total. The summed E-state index contributed by atoms with van der Waals surface area (Å²) in [6.07, 6.45) is 3.90. The second-order valence-corrected chi connectivity index (χ2v) is 5.58. The Balaban J connectivity index is 1.76. The molecular weight excluding hydrogens is 236 g/mol. The van der Waals surface area contributed by atoms with Crippen LogP contribution in [-0.4, -0.2) is 52.4 Å². The molecule has 0 spiro atoms. The summed E-state index contributed by atoms with van der Waals surface area (Å²) in [5.41, 5.74) is 0. The molecule has 4 heteroatoms. The van der Waals surface area contributed by atoms with E-state index in [0.29, 0.717) is 0 Å². The highest BCUT2D eigenvalue weighted by atomic mass is 14.9. The third kappa shape index (κ3) is 9.38. The number of rotatable bonds is 14. The lowest BCUT2D eigenvalue weighted by Crippen LogP contribution is -2.26. The van der Waals surface area contributed by atoms with E-state index in [4.69, 9.17) is 0 Å². The molecule has 1 rings (SSSR count). The summed E-state index contributed by atoms with van der Waals surface area (Å²) in [4.78, 5) is 0. The first kappa shape index (κ1) is 16.9. The molecule has 0 saturated heterocycles. The number of hydrogen-bond acceptors (Lipinski definition) is 4. The maximum absolute atomic E-state index is 3.58. The fourth-order valence-electron chi connectivity index (χ4n) is 2.42. The summed E-state index contributed by atoms with van der Waals surface area (Å²) in [6, 6.07) is 0. The number of nitrogens with one attached hydrogen (secondary N) is 4. The Morgan fingerprint density at radius 3 is 1.53 bits per heavy atom.